The molecule has 10 nitrogen and oxygen atoms in total. The monoisotopic (exact) mass is 465 g/mol. The number of rotatable bonds is 7. The lowest BCUT2D eigenvalue weighted by Crippen LogP contribution is -2.30. The molecule has 0 unspecified atom stereocenters. The lowest BCUT2D eigenvalue weighted by molar-refractivity contribution is -0.136. The standard InChI is InChI=1S/C22H17F2N7O3/c23-15-4-2-1-3-14(15)12-30-19(17-5-6-34-29-17)8-18(28-30)21-25-10-16(24)22(27-21)31-11-13(9-26-31)7-20(32)33/h1-6,8,10-11,26H,7,9,12H2,(H,32,33). The fourth-order valence-corrected chi connectivity index (χ4v) is 3.53. The second-order valence-electron chi connectivity index (χ2n) is 7.48. The van der Waals surface area contributed by atoms with Gasteiger partial charge in [0.2, 0.25) is 0 Å². The van der Waals surface area contributed by atoms with Crippen LogP contribution in [0.4, 0.5) is 14.6 Å². The van der Waals surface area contributed by atoms with Crippen molar-refractivity contribution in [3.63, 3.8) is 0 Å². The summed E-state index contributed by atoms with van der Waals surface area (Å²) in [6, 6.07) is 9.62. The number of carbonyl (C=O) groups is 1. The number of benzene rings is 1. The largest absolute Gasteiger partial charge is 0.481 e. The van der Waals surface area contributed by atoms with Gasteiger partial charge in [0, 0.05) is 24.4 Å². The Hall–Kier alpha value is -4.45. The van der Waals surface area contributed by atoms with Crippen molar-refractivity contribution in [2.24, 2.45) is 0 Å². The molecule has 0 bridgehead atoms. The minimum absolute atomic E-state index is 0.0861. The number of hydrogen-bond acceptors (Lipinski definition) is 8. The molecule has 5 rings (SSSR count). The molecule has 0 atom stereocenters. The van der Waals surface area contributed by atoms with Gasteiger partial charge in [-0.25, -0.2) is 24.2 Å². The van der Waals surface area contributed by atoms with Crippen molar-refractivity contribution in [1.82, 2.24) is 30.3 Å². The van der Waals surface area contributed by atoms with E-state index in [4.69, 9.17) is 9.63 Å². The van der Waals surface area contributed by atoms with E-state index in [2.05, 4.69) is 25.6 Å². The summed E-state index contributed by atoms with van der Waals surface area (Å²) in [6.07, 6.45) is 3.72. The zero-order chi connectivity index (χ0) is 23.7. The number of nitrogens with one attached hydrogen (secondary N) is 1. The maximum Gasteiger partial charge on any atom is 0.307 e. The number of carboxylic acids is 1. The molecule has 0 saturated carbocycles. The summed E-state index contributed by atoms with van der Waals surface area (Å²) in [6.45, 7) is 0.358. The van der Waals surface area contributed by atoms with Gasteiger partial charge in [0.15, 0.2) is 17.5 Å². The molecule has 4 aromatic rings. The van der Waals surface area contributed by atoms with Crippen molar-refractivity contribution >= 4 is 11.8 Å². The highest BCUT2D eigenvalue weighted by molar-refractivity contribution is 5.71. The molecule has 4 heterocycles. The average Bonchev–Trinajstić information content (AvgIpc) is 3.56. The Morgan fingerprint density at radius 2 is 2.03 bits per heavy atom. The van der Waals surface area contributed by atoms with Gasteiger partial charge < -0.3 is 9.63 Å². The van der Waals surface area contributed by atoms with Crippen LogP contribution in [0.3, 0.4) is 0 Å². The number of aromatic nitrogens is 5. The number of aliphatic carboxylic acids is 1. The molecule has 1 aliphatic heterocycles. The van der Waals surface area contributed by atoms with Crippen LogP contribution in [0.5, 0.6) is 0 Å². The fourth-order valence-electron chi connectivity index (χ4n) is 3.53. The smallest absolute Gasteiger partial charge is 0.307 e. The van der Waals surface area contributed by atoms with E-state index in [9.17, 15) is 13.6 Å². The fraction of sp³-hybridized carbons (Fsp3) is 0.136. The summed E-state index contributed by atoms with van der Waals surface area (Å²) < 4.78 is 35.3. The second-order valence-corrected chi connectivity index (χ2v) is 7.48. The molecular formula is C22H17F2N7O3. The summed E-state index contributed by atoms with van der Waals surface area (Å²) in [7, 11) is 0. The molecule has 172 valence electrons. The van der Waals surface area contributed by atoms with E-state index in [0.29, 0.717) is 28.2 Å². The van der Waals surface area contributed by atoms with Gasteiger partial charge in [0.1, 0.15) is 23.5 Å². The first-order valence-corrected chi connectivity index (χ1v) is 10.2. The Bertz CT molecular complexity index is 1390. The SMILES string of the molecule is O=C(O)CC1=CN(c2nc(-c3cc(-c4ccon4)n(Cc4ccccc4F)n3)ncc2F)NC1. The molecule has 0 spiro atoms. The summed E-state index contributed by atoms with van der Waals surface area (Å²) in [5, 5.41) is 18.7. The Kier molecular flexibility index (Phi) is 5.55. The summed E-state index contributed by atoms with van der Waals surface area (Å²) in [5.74, 6) is -2.03. The van der Waals surface area contributed by atoms with E-state index in [1.807, 2.05) is 0 Å². The third-order valence-electron chi connectivity index (χ3n) is 5.11. The van der Waals surface area contributed by atoms with Gasteiger partial charge in [-0.15, -0.1) is 0 Å². The van der Waals surface area contributed by atoms with Crippen LogP contribution < -0.4 is 10.4 Å². The minimum Gasteiger partial charge on any atom is -0.481 e. The van der Waals surface area contributed by atoms with Gasteiger partial charge in [-0.3, -0.25) is 14.5 Å². The van der Waals surface area contributed by atoms with Gasteiger partial charge >= 0.3 is 5.97 Å². The summed E-state index contributed by atoms with van der Waals surface area (Å²) in [5.41, 5.74) is 5.18. The maximum absolute atomic E-state index is 14.5. The van der Waals surface area contributed by atoms with E-state index in [-0.39, 0.29) is 37.0 Å². The molecule has 0 amide bonds. The molecule has 34 heavy (non-hydrogen) atoms. The van der Waals surface area contributed by atoms with Crippen LogP contribution in [0, 0.1) is 11.6 Å². The van der Waals surface area contributed by atoms with E-state index < -0.39 is 11.8 Å². The predicted molar refractivity (Wildman–Crippen MR) is 115 cm³/mol. The summed E-state index contributed by atoms with van der Waals surface area (Å²) in [4.78, 5) is 19.3. The molecule has 12 heteroatoms. The Labute approximate surface area is 191 Å². The second kappa shape index (κ2) is 8.83. The first kappa shape index (κ1) is 21.4. The lowest BCUT2D eigenvalue weighted by atomic mass is 10.2. The highest BCUT2D eigenvalue weighted by Gasteiger charge is 2.22. The Morgan fingerprint density at radius 3 is 2.79 bits per heavy atom. The Balaban J connectivity index is 1.52. The number of carboxylic acid groups (broad SMARTS) is 1. The van der Waals surface area contributed by atoms with Gasteiger partial charge in [-0.05, 0) is 17.7 Å². The maximum atomic E-state index is 14.5. The quantitative estimate of drug-likeness (QED) is 0.424. The molecule has 3 aromatic heterocycles. The van der Waals surface area contributed by atoms with Gasteiger partial charge in [-0.1, -0.05) is 23.4 Å². The molecule has 1 aliphatic rings. The van der Waals surface area contributed by atoms with Crippen molar-refractivity contribution < 1.29 is 23.2 Å². The van der Waals surface area contributed by atoms with Crippen molar-refractivity contribution in [2.45, 2.75) is 13.0 Å². The molecule has 2 N–H and O–H groups in total. The number of halogens is 2. The third-order valence-corrected chi connectivity index (χ3v) is 5.11. The molecule has 1 aromatic carbocycles. The number of nitrogens with zero attached hydrogens (tertiary/aromatic N) is 6. The number of anilines is 1. The van der Waals surface area contributed by atoms with E-state index >= 15 is 0 Å². The number of hydrazine groups is 1. The van der Waals surface area contributed by atoms with Gasteiger partial charge in [0.05, 0.1) is 24.9 Å². The number of hydrogen-bond donors (Lipinski definition) is 2. The molecule has 0 fully saturated rings. The van der Waals surface area contributed by atoms with Crippen LogP contribution in [0.25, 0.3) is 22.9 Å². The van der Waals surface area contributed by atoms with Crippen LogP contribution in [0.1, 0.15) is 12.0 Å². The van der Waals surface area contributed by atoms with Crippen LogP contribution >= 0.6 is 0 Å². The van der Waals surface area contributed by atoms with E-state index in [1.165, 1.54) is 28.2 Å². The first-order valence-electron chi connectivity index (χ1n) is 10.2. The Morgan fingerprint density at radius 1 is 1.18 bits per heavy atom. The first-order chi connectivity index (χ1) is 16.5. The van der Waals surface area contributed by atoms with E-state index in [1.54, 1.807) is 30.3 Å². The van der Waals surface area contributed by atoms with Crippen molar-refractivity contribution in [3.8, 4) is 22.9 Å². The highest BCUT2D eigenvalue weighted by Crippen LogP contribution is 2.27. The van der Waals surface area contributed by atoms with Gasteiger partial charge in [-0.2, -0.15) is 5.10 Å². The van der Waals surface area contributed by atoms with Crippen LogP contribution in [0.2, 0.25) is 0 Å². The van der Waals surface area contributed by atoms with Crippen LogP contribution in [-0.4, -0.2) is 42.5 Å². The minimum atomic E-state index is -0.987. The molecular weight excluding hydrogens is 448 g/mol. The van der Waals surface area contributed by atoms with Crippen molar-refractivity contribution in [3.05, 3.63) is 77.8 Å². The summed E-state index contributed by atoms with van der Waals surface area (Å²) >= 11 is 0. The van der Waals surface area contributed by atoms with Gasteiger partial charge in [0.25, 0.3) is 0 Å². The van der Waals surface area contributed by atoms with Crippen molar-refractivity contribution in [2.75, 3.05) is 11.6 Å². The molecule has 0 aliphatic carbocycles. The zero-order valence-electron chi connectivity index (χ0n) is 17.5. The molecule has 0 saturated heterocycles. The van der Waals surface area contributed by atoms with Crippen LogP contribution in [0.15, 0.2) is 65.2 Å². The normalized spacial score (nSPS) is 13.4. The highest BCUT2D eigenvalue weighted by atomic mass is 19.1. The topological polar surface area (TPSA) is 122 Å². The van der Waals surface area contributed by atoms with Crippen LogP contribution in [-0.2, 0) is 11.3 Å². The average molecular weight is 465 g/mol. The third kappa shape index (κ3) is 4.26. The lowest BCUT2D eigenvalue weighted by Gasteiger charge is -2.15. The predicted octanol–water partition coefficient (Wildman–Crippen LogP) is 3.00. The zero-order valence-corrected chi connectivity index (χ0v) is 17.5. The van der Waals surface area contributed by atoms with Crippen molar-refractivity contribution in [1.29, 1.82) is 0 Å². The van der Waals surface area contributed by atoms with E-state index in [0.717, 1.165) is 6.20 Å². The molecule has 0 radical (unpaired) electrons.